The largest absolute Gasteiger partial charge is 0.396 e. The summed E-state index contributed by atoms with van der Waals surface area (Å²) in [6.07, 6.45) is 4.55. The van der Waals surface area contributed by atoms with Crippen LogP contribution in [-0.4, -0.2) is 35.1 Å². The number of rotatable bonds is 6. The molecule has 1 aliphatic rings. The molecule has 0 aromatic heterocycles. The van der Waals surface area contributed by atoms with Crippen molar-refractivity contribution >= 4 is 21.8 Å². The summed E-state index contributed by atoms with van der Waals surface area (Å²) in [5.74, 6) is 0.181. The van der Waals surface area contributed by atoms with Crippen molar-refractivity contribution in [2.75, 3.05) is 13.2 Å². The van der Waals surface area contributed by atoms with Crippen LogP contribution in [0.25, 0.3) is 0 Å². The van der Waals surface area contributed by atoms with Gasteiger partial charge in [-0.05, 0) is 43.4 Å². The normalized spacial score (nSPS) is 15.1. The van der Waals surface area contributed by atoms with Gasteiger partial charge >= 0.3 is 0 Å². The van der Waals surface area contributed by atoms with E-state index in [2.05, 4.69) is 15.9 Å². The molecule has 1 fully saturated rings. The number of carbonyl (C=O) groups is 1. The number of aliphatic hydroxyl groups excluding tert-OH is 1. The van der Waals surface area contributed by atoms with Crippen molar-refractivity contribution in [2.24, 2.45) is 0 Å². The van der Waals surface area contributed by atoms with Crippen LogP contribution >= 0.6 is 15.9 Å². The molecule has 1 N–H and O–H groups in total. The van der Waals surface area contributed by atoms with Crippen molar-refractivity contribution in [3.05, 3.63) is 34.3 Å². The van der Waals surface area contributed by atoms with Crippen molar-refractivity contribution in [1.29, 1.82) is 0 Å². The number of hydrogen-bond donors (Lipinski definition) is 1. The lowest BCUT2D eigenvalue weighted by Crippen LogP contribution is -2.45. The van der Waals surface area contributed by atoms with Crippen molar-refractivity contribution in [3.8, 4) is 0 Å². The predicted molar refractivity (Wildman–Crippen MR) is 78.9 cm³/mol. The third kappa shape index (κ3) is 4.05. The molecule has 104 valence electrons. The Morgan fingerprint density at radius 2 is 2.00 bits per heavy atom. The molecule has 1 saturated carbocycles. The number of benzene rings is 1. The van der Waals surface area contributed by atoms with Gasteiger partial charge in [-0.2, -0.15) is 0 Å². The average molecular weight is 326 g/mol. The number of carbonyl (C=O) groups excluding carboxylic acids is 1. The van der Waals surface area contributed by atoms with E-state index in [1.165, 1.54) is 6.42 Å². The van der Waals surface area contributed by atoms with E-state index >= 15 is 0 Å². The van der Waals surface area contributed by atoms with Crippen LogP contribution in [0.15, 0.2) is 28.7 Å². The van der Waals surface area contributed by atoms with Crippen LogP contribution in [0.2, 0.25) is 0 Å². The minimum absolute atomic E-state index is 0.148. The maximum Gasteiger partial charge on any atom is 0.227 e. The molecule has 1 amide bonds. The maximum atomic E-state index is 12.4. The molecule has 1 aromatic carbocycles. The van der Waals surface area contributed by atoms with Gasteiger partial charge in [0.2, 0.25) is 5.91 Å². The van der Waals surface area contributed by atoms with Gasteiger partial charge in [-0.1, -0.05) is 28.1 Å². The molecule has 1 aromatic rings. The van der Waals surface area contributed by atoms with E-state index in [1.54, 1.807) is 0 Å². The highest BCUT2D eigenvalue weighted by molar-refractivity contribution is 9.10. The van der Waals surface area contributed by atoms with E-state index in [9.17, 15) is 4.79 Å². The van der Waals surface area contributed by atoms with E-state index in [4.69, 9.17) is 5.11 Å². The average Bonchev–Trinajstić information content (AvgIpc) is 2.34. The van der Waals surface area contributed by atoms with Crippen molar-refractivity contribution in [3.63, 3.8) is 0 Å². The Bertz CT molecular complexity index is 415. The van der Waals surface area contributed by atoms with Gasteiger partial charge < -0.3 is 10.0 Å². The third-order valence-corrected chi connectivity index (χ3v) is 4.19. The summed E-state index contributed by atoms with van der Waals surface area (Å²) in [6.45, 7) is 0.825. The van der Waals surface area contributed by atoms with E-state index in [0.29, 0.717) is 25.4 Å². The fourth-order valence-electron chi connectivity index (χ4n) is 2.33. The van der Waals surface area contributed by atoms with Crippen molar-refractivity contribution in [1.82, 2.24) is 4.90 Å². The third-order valence-electron chi connectivity index (χ3n) is 3.66. The van der Waals surface area contributed by atoms with E-state index in [0.717, 1.165) is 22.9 Å². The van der Waals surface area contributed by atoms with Crippen LogP contribution in [0.1, 0.15) is 31.2 Å². The summed E-state index contributed by atoms with van der Waals surface area (Å²) in [7, 11) is 0. The highest BCUT2D eigenvalue weighted by Crippen LogP contribution is 2.25. The molecule has 2 rings (SSSR count). The Hall–Kier alpha value is -0.870. The zero-order chi connectivity index (χ0) is 13.7. The fourth-order valence-corrected chi connectivity index (χ4v) is 2.59. The Morgan fingerprint density at radius 3 is 2.53 bits per heavy atom. The van der Waals surface area contributed by atoms with Crippen LogP contribution in [0.5, 0.6) is 0 Å². The lowest BCUT2D eigenvalue weighted by molar-refractivity contribution is -0.134. The first-order valence-corrected chi connectivity index (χ1v) is 7.65. The number of nitrogens with zero attached hydrogens (tertiary/aromatic N) is 1. The van der Waals surface area contributed by atoms with E-state index < -0.39 is 0 Å². The Morgan fingerprint density at radius 1 is 1.32 bits per heavy atom. The lowest BCUT2D eigenvalue weighted by Gasteiger charge is -2.37. The first kappa shape index (κ1) is 14.5. The molecule has 0 heterocycles. The summed E-state index contributed by atoms with van der Waals surface area (Å²) < 4.78 is 1.03. The summed E-state index contributed by atoms with van der Waals surface area (Å²) in [6, 6.07) is 8.28. The van der Waals surface area contributed by atoms with Gasteiger partial charge in [0.05, 0.1) is 6.42 Å². The number of aliphatic hydroxyl groups is 1. The van der Waals surface area contributed by atoms with E-state index in [1.807, 2.05) is 29.2 Å². The van der Waals surface area contributed by atoms with Gasteiger partial charge in [0.25, 0.3) is 0 Å². The molecule has 4 heteroatoms. The number of halogens is 1. The fraction of sp³-hybridized carbons (Fsp3) is 0.533. The zero-order valence-electron chi connectivity index (χ0n) is 11.0. The Kier molecular flexibility index (Phi) is 5.40. The molecule has 0 saturated heterocycles. The molecule has 0 spiro atoms. The summed E-state index contributed by atoms with van der Waals surface area (Å²) in [5, 5.41) is 8.95. The second kappa shape index (κ2) is 7.06. The predicted octanol–water partition coefficient (Wildman–Crippen LogP) is 2.76. The Labute approximate surface area is 122 Å². The molecular formula is C15H20BrNO2. The smallest absolute Gasteiger partial charge is 0.227 e. The van der Waals surface area contributed by atoms with Crippen LogP contribution in [-0.2, 0) is 11.2 Å². The molecule has 0 aliphatic heterocycles. The van der Waals surface area contributed by atoms with Crippen molar-refractivity contribution in [2.45, 2.75) is 38.1 Å². The van der Waals surface area contributed by atoms with Crippen LogP contribution in [0, 0.1) is 0 Å². The first-order chi connectivity index (χ1) is 9.20. The topological polar surface area (TPSA) is 40.5 Å². The van der Waals surface area contributed by atoms with Gasteiger partial charge in [-0.3, -0.25) is 4.79 Å². The first-order valence-electron chi connectivity index (χ1n) is 6.85. The second-order valence-electron chi connectivity index (χ2n) is 5.05. The molecule has 0 atom stereocenters. The molecule has 0 radical (unpaired) electrons. The summed E-state index contributed by atoms with van der Waals surface area (Å²) >= 11 is 3.40. The van der Waals surface area contributed by atoms with Gasteiger partial charge in [0.1, 0.15) is 0 Å². The van der Waals surface area contributed by atoms with Gasteiger partial charge in [0, 0.05) is 23.7 Å². The zero-order valence-corrected chi connectivity index (χ0v) is 12.6. The van der Waals surface area contributed by atoms with Gasteiger partial charge in [-0.25, -0.2) is 0 Å². The minimum atomic E-state index is 0.148. The molecule has 0 bridgehead atoms. The summed E-state index contributed by atoms with van der Waals surface area (Å²) in [5.41, 5.74) is 1.04. The summed E-state index contributed by atoms with van der Waals surface area (Å²) in [4.78, 5) is 14.3. The highest BCUT2D eigenvalue weighted by Gasteiger charge is 2.28. The monoisotopic (exact) mass is 325 g/mol. The highest BCUT2D eigenvalue weighted by atomic mass is 79.9. The van der Waals surface area contributed by atoms with Crippen LogP contribution in [0.4, 0.5) is 0 Å². The second-order valence-corrected chi connectivity index (χ2v) is 5.97. The van der Waals surface area contributed by atoms with Gasteiger partial charge in [-0.15, -0.1) is 0 Å². The molecule has 0 unspecified atom stereocenters. The van der Waals surface area contributed by atoms with Crippen LogP contribution in [0.3, 0.4) is 0 Å². The molecule has 3 nitrogen and oxygen atoms in total. The minimum Gasteiger partial charge on any atom is -0.396 e. The lowest BCUT2D eigenvalue weighted by atomic mass is 9.91. The molecular weight excluding hydrogens is 306 g/mol. The van der Waals surface area contributed by atoms with Gasteiger partial charge in [0.15, 0.2) is 0 Å². The standard InChI is InChI=1S/C15H20BrNO2/c16-13-7-5-12(6-8-13)11-15(19)17(9-2-10-18)14-3-1-4-14/h5-8,14,18H,1-4,9-11H2. The maximum absolute atomic E-state index is 12.4. The number of amides is 1. The quantitative estimate of drug-likeness (QED) is 0.873. The molecule has 1 aliphatic carbocycles. The van der Waals surface area contributed by atoms with E-state index in [-0.39, 0.29) is 12.5 Å². The van der Waals surface area contributed by atoms with Crippen molar-refractivity contribution < 1.29 is 9.90 Å². The molecule has 19 heavy (non-hydrogen) atoms. The Balaban J connectivity index is 1.96. The van der Waals surface area contributed by atoms with Crippen LogP contribution < -0.4 is 0 Å². The SMILES string of the molecule is O=C(Cc1ccc(Br)cc1)N(CCCO)C1CCC1. The number of hydrogen-bond acceptors (Lipinski definition) is 2.